The van der Waals surface area contributed by atoms with E-state index in [1.54, 1.807) is 0 Å². The van der Waals surface area contributed by atoms with Gasteiger partial charge in [0.2, 0.25) is 6.79 Å². The van der Waals surface area contributed by atoms with E-state index in [0.29, 0.717) is 0 Å². The van der Waals surface area contributed by atoms with E-state index in [1.807, 2.05) is 0 Å². The van der Waals surface area contributed by atoms with Crippen molar-refractivity contribution in [3.8, 4) is 11.5 Å². The first kappa shape index (κ1) is 12.7. The number of hydrogen-bond acceptors (Lipinski definition) is 4. The summed E-state index contributed by atoms with van der Waals surface area (Å²) in [4.78, 5) is 11.7. The van der Waals surface area contributed by atoms with Crippen molar-refractivity contribution in [1.82, 2.24) is 0 Å². The molecule has 2 N–H and O–H groups in total. The van der Waals surface area contributed by atoms with Crippen LogP contribution in [-0.2, 0) is 6.18 Å². The summed E-state index contributed by atoms with van der Waals surface area (Å²) < 4.78 is 48.4. The lowest BCUT2D eigenvalue weighted by atomic mass is 9.98. The van der Waals surface area contributed by atoms with E-state index in [-0.39, 0.29) is 18.3 Å². The molecule has 0 spiro atoms. The van der Waals surface area contributed by atoms with Crippen molar-refractivity contribution in [3.05, 3.63) is 23.3 Å². The minimum Gasteiger partial charge on any atom is -0.454 e. The van der Waals surface area contributed by atoms with Crippen molar-refractivity contribution < 1.29 is 27.4 Å². The lowest BCUT2D eigenvalue weighted by Crippen LogP contribution is -2.28. The number of fused-ring (bicyclic) bond motifs is 1. The van der Waals surface area contributed by atoms with Crippen LogP contribution in [0.15, 0.2) is 12.1 Å². The van der Waals surface area contributed by atoms with Crippen molar-refractivity contribution in [3.63, 3.8) is 0 Å². The lowest BCUT2D eigenvalue weighted by molar-refractivity contribution is -0.138. The van der Waals surface area contributed by atoms with Gasteiger partial charge in [-0.2, -0.15) is 13.2 Å². The average Bonchev–Trinajstić information content (AvgIpc) is 2.71. The van der Waals surface area contributed by atoms with E-state index in [2.05, 4.69) is 0 Å². The fourth-order valence-corrected chi connectivity index (χ4v) is 1.63. The number of nitrogens with two attached hydrogens (primary N) is 1. The van der Waals surface area contributed by atoms with Crippen LogP contribution in [0.5, 0.6) is 11.5 Å². The maximum atomic E-state index is 12.9. The molecule has 1 heterocycles. The third-order valence-corrected chi connectivity index (χ3v) is 2.50. The molecule has 0 bridgehead atoms. The molecule has 0 radical (unpaired) electrons. The first-order valence-corrected chi connectivity index (χ1v) is 5.11. The number of ether oxygens (including phenoxy) is 2. The lowest BCUT2D eigenvalue weighted by Gasteiger charge is -2.14. The van der Waals surface area contributed by atoms with Gasteiger partial charge in [-0.25, -0.2) is 0 Å². The van der Waals surface area contributed by atoms with Crippen LogP contribution >= 0.6 is 0 Å². The predicted molar refractivity (Wildman–Crippen MR) is 55.5 cm³/mol. The molecular formula is C11H10F3NO3. The molecule has 1 aromatic rings. The molecule has 2 rings (SSSR count). The van der Waals surface area contributed by atoms with Crippen LogP contribution in [0.4, 0.5) is 13.2 Å². The van der Waals surface area contributed by atoms with Crippen LogP contribution in [0.2, 0.25) is 0 Å². The fourth-order valence-electron chi connectivity index (χ4n) is 1.63. The van der Waals surface area contributed by atoms with Crippen LogP contribution in [0.1, 0.15) is 22.8 Å². The average molecular weight is 261 g/mol. The largest absolute Gasteiger partial charge is 0.454 e. The topological polar surface area (TPSA) is 61.6 Å². The molecule has 1 atom stereocenters. The van der Waals surface area contributed by atoms with Crippen molar-refractivity contribution in [2.24, 2.45) is 5.73 Å². The number of hydrogen-bond donors (Lipinski definition) is 1. The summed E-state index contributed by atoms with van der Waals surface area (Å²) in [6, 6.07) is 0.765. The maximum absolute atomic E-state index is 12.9. The molecule has 0 saturated heterocycles. The summed E-state index contributed by atoms with van der Waals surface area (Å²) in [7, 11) is 0. The van der Waals surface area contributed by atoms with Crippen molar-refractivity contribution >= 4 is 5.78 Å². The minimum atomic E-state index is -4.65. The second kappa shape index (κ2) is 4.16. The summed E-state index contributed by atoms with van der Waals surface area (Å²) in [6.07, 6.45) is -4.65. The molecule has 1 unspecified atom stereocenters. The van der Waals surface area contributed by atoms with Gasteiger partial charge in [-0.05, 0) is 19.1 Å². The van der Waals surface area contributed by atoms with E-state index in [0.717, 1.165) is 12.1 Å². The molecule has 7 heteroatoms. The third-order valence-electron chi connectivity index (χ3n) is 2.50. The van der Waals surface area contributed by atoms with Crippen LogP contribution in [0, 0.1) is 0 Å². The van der Waals surface area contributed by atoms with Gasteiger partial charge in [0, 0.05) is 5.56 Å². The Kier molecular flexibility index (Phi) is 2.94. The molecule has 0 saturated carbocycles. The van der Waals surface area contributed by atoms with Crippen LogP contribution in [0.25, 0.3) is 0 Å². The van der Waals surface area contributed by atoms with Crippen molar-refractivity contribution in [2.45, 2.75) is 19.1 Å². The second-order valence-electron chi connectivity index (χ2n) is 3.90. The molecule has 0 fully saturated rings. The van der Waals surface area contributed by atoms with E-state index >= 15 is 0 Å². The Morgan fingerprint density at radius 2 is 1.89 bits per heavy atom. The molecule has 0 aliphatic carbocycles. The summed E-state index contributed by atoms with van der Waals surface area (Å²) in [5.41, 5.74) is 3.78. The number of benzene rings is 1. The van der Waals surface area contributed by atoms with Gasteiger partial charge in [0.25, 0.3) is 0 Å². The smallest absolute Gasteiger partial charge is 0.417 e. The molecule has 1 aliphatic heterocycles. The Balaban J connectivity index is 2.59. The van der Waals surface area contributed by atoms with Gasteiger partial charge >= 0.3 is 6.18 Å². The SMILES string of the molecule is CC(N)C(=O)c1cc2c(cc1C(F)(F)F)OCO2. The highest BCUT2D eigenvalue weighted by atomic mass is 19.4. The standard InChI is InChI=1S/C11H10F3NO3/c1-5(15)10(16)6-2-8-9(18-4-17-8)3-7(6)11(12,13)14/h2-3,5H,4,15H2,1H3. The highest BCUT2D eigenvalue weighted by molar-refractivity contribution is 6.01. The molecule has 1 aliphatic rings. The predicted octanol–water partition coefficient (Wildman–Crippen LogP) is 1.96. The minimum absolute atomic E-state index is 0.0245. The zero-order valence-corrected chi connectivity index (χ0v) is 9.38. The molecule has 98 valence electrons. The van der Waals surface area contributed by atoms with E-state index in [1.165, 1.54) is 6.92 Å². The zero-order valence-electron chi connectivity index (χ0n) is 9.38. The van der Waals surface area contributed by atoms with Gasteiger partial charge in [0.1, 0.15) is 0 Å². The fraction of sp³-hybridized carbons (Fsp3) is 0.364. The molecule has 0 aromatic heterocycles. The van der Waals surface area contributed by atoms with E-state index < -0.39 is 29.1 Å². The number of ketones is 1. The summed E-state index contributed by atoms with van der Waals surface area (Å²) in [6.45, 7) is 1.16. The Morgan fingerprint density at radius 1 is 1.33 bits per heavy atom. The molecule has 0 amide bonds. The quantitative estimate of drug-likeness (QED) is 0.827. The van der Waals surface area contributed by atoms with Gasteiger partial charge < -0.3 is 15.2 Å². The second-order valence-corrected chi connectivity index (χ2v) is 3.90. The first-order valence-electron chi connectivity index (χ1n) is 5.11. The number of carbonyl (C=O) groups is 1. The summed E-state index contributed by atoms with van der Waals surface area (Å²) >= 11 is 0. The van der Waals surface area contributed by atoms with Gasteiger partial charge in [-0.15, -0.1) is 0 Å². The van der Waals surface area contributed by atoms with E-state index in [9.17, 15) is 18.0 Å². The summed E-state index contributed by atoms with van der Waals surface area (Å²) in [5.74, 6) is -0.698. The Hall–Kier alpha value is -1.76. The number of halogens is 3. The van der Waals surface area contributed by atoms with Gasteiger partial charge in [-0.3, -0.25) is 4.79 Å². The third kappa shape index (κ3) is 2.13. The van der Waals surface area contributed by atoms with Gasteiger partial charge in [0.15, 0.2) is 17.3 Å². The molecule has 1 aromatic carbocycles. The van der Waals surface area contributed by atoms with Crippen LogP contribution in [0.3, 0.4) is 0 Å². The Morgan fingerprint density at radius 3 is 2.39 bits per heavy atom. The maximum Gasteiger partial charge on any atom is 0.417 e. The highest BCUT2D eigenvalue weighted by Crippen LogP contribution is 2.41. The van der Waals surface area contributed by atoms with Crippen molar-refractivity contribution in [1.29, 1.82) is 0 Å². The Labute approximate surface area is 100 Å². The summed E-state index contributed by atoms with van der Waals surface area (Å²) in [5, 5.41) is 0. The monoisotopic (exact) mass is 261 g/mol. The number of carbonyl (C=O) groups excluding carboxylic acids is 1. The number of rotatable bonds is 2. The molecule has 4 nitrogen and oxygen atoms in total. The van der Waals surface area contributed by atoms with Crippen LogP contribution < -0.4 is 15.2 Å². The normalized spacial score (nSPS) is 15.6. The van der Waals surface area contributed by atoms with Gasteiger partial charge in [0.05, 0.1) is 11.6 Å². The number of Topliss-reactive ketones (excluding diaryl/α,β-unsaturated/α-hetero) is 1. The molecule has 18 heavy (non-hydrogen) atoms. The Bertz CT molecular complexity index is 497. The zero-order chi connectivity index (χ0) is 13.5. The number of alkyl halides is 3. The van der Waals surface area contributed by atoms with E-state index in [4.69, 9.17) is 15.2 Å². The van der Waals surface area contributed by atoms with Gasteiger partial charge in [-0.1, -0.05) is 0 Å². The van der Waals surface area contributed by atoms with Crippen LogP contribution in [-0.4, -0.2) is 18.6 Å². The highest BCUT2D eigenvalue weighted by Gasteiger charge is 2.38. The van der Waals surface area contributed by atoms with Crippen molar-refractivity contribution in [2.75, 3.05) is 6.79 Å². The molecular weight excluding hydrogens is 251 g/mol. The first-order chi connectivity index (χ1) is 8.30.